The van der Waals surface area contributed by atoms with E-state index in [2.05, 4.69) is 10.3 Å². The lowest BCUT2D eigenvalue weighted by molar-refractivity contribution is -0.122. The van der Waals surface area contributed by atoms with Crippen LogP contribution in [0, 0.1) is 5.82 Å². The Balaban J connectivity index is 1.56. The lowest BCUT2D eigenvalue weighted by atomic mass is 10.1. The Kier molecular flexibility index (Phi) is 5.85. The monoisotopic (exact) mass is 390 g/mol. The first-order chi connectivity index (χ1) is 12.5. The van der Waals surface area contributed by atoms with E-state index in [1.165, 1.54) is 35.6 Å². The van der Waals surface area contributed by atoms with Gasteiger partial charge in [-0.25, -0.2) is 9.37 Å². The van der Waals surface area contributed by atoms with Crippen LogP contribution in [-0.4, -0.2) is 17.0 Å². The molecule has 26 heavy (non-hydrogen) atoms. The van der Waals surface area contributed by atoms with Gasteiger partial charge in [0.25, 0.3) is 5.91 Å². The van der Waals surface area contributed by atoms with Crippen molar-refractivity contribution in [2.75, 3.05) is 5.32 Å². The number of hydrogen-bond acceptors (Lipinski definition) is 4. The third-order valence-corrected chi connectivity index (χ3v) is 4.74. The molecular weight excluding hydrogens is 375 g/mol. The van der Waals surface area contributed by atoms with Gasteiger partial charge in [-0.05, 0) is 48.9 Å². The molecule has 0 saturated heterocycles. The van der Waals surface area contributed by atoms with Crippen LogP contribution in [0.2, 0.25) is 5.02 Å². The Labute approximate surface area is 159 Å². The minimum atomic E-state index is -0.732. The zero-order chi connectivity index (χ0) is 18.5. The normalized spacial score (nSPS) is 11.8. The lowest BCUT2D eigenvalue weighted by Gasteiger charge is -2.13. The average Bonchev–Trinajstić information content (AvgIpc) is 3.06. The second-order valence-electron chi connectivity index (χ2n) is 5.64. The quantitative estimate of drug-likeness (QED) is 0.649. The molecule has 4 nitrogen and oxygen atoms in total. The van der Waals surface area contributed by atoms with E-state index in [4.69, 9.17) is 16.3 Å². The number of anilines is 1. The molecule has 0 fully saturated rings. The van der Waals surface area contributed by atoms with Crippen LogP contribution in [0.15, 0.2) is 54.7 Å². The van der Waals surface area contributed by atoms with Crippen molar-refractivity contribution in [1.29, 1.82) is 0 Å². The molecule has 7 heteroatoms. The van der Waals surface area contributed by atoms with Crippen LogP contribution >= 0.6 is 22.9 Å². The average molecular weight is 391 g/mol. The molecular formula is C19H16ClFN2O2S. The fraction of sp³-hybridized carbons (Fsp3) is 0.158. The highest BCUT2D eigenvalue weighted by Gasteiger charge is 2.16. The number of nitrogens with zero attached hydrogens (tertiary/aromatic N) is 1. The number of thiazole rings is 1. The van der Waals surface area contributed by atoms with Crippen molar-refractivity contribution in [3.63, 3.8) is 0 Å². The lowest BCUT2D eigenvalue weighted by Crippen LogP contribution is -2.30. The molecule has 0 aliphatic heterocycles. The maximum absolute atomic E-state index is 12.9. The summed E-state index contributed by atoms with van der Waals surface area (Å²) in [5, 5.41) is 3.94. The topological polar surface area (TPSA) is 51.2 Å². The Morgan fingerprint density at radius 2 is 1.92 bits per heavy atom. The molecule has 0 aliphatic rings. The molecule has 134 valence electrons. The molecule has 3 rings (SSSR count). The number of rotatable bonds is 6. The summed E-state index contributed by atoms with van der Waals surface area (Å²) in [4.78, 5) is 17.5. The third kappa shape index (κ3) is 5.03. The molecule has 0 bridgehead atoms. The molecule has 1 atom stereocenters. The fourth-order valence-electron chi connectivity index (χ4n) is 2.23. The maximum atomic E-state index is 12.9. The number of halogens is 2. The van der Waals surface area contributed by atoms with Crippen molar-refractivity contribution in [3.05, 3.63) is 76.0 Å². The van der Waals surface area contributed by atoms with Crippen LogP contribution in [0.1, 0.15) is 17.4 Å². The second kappa shape index (κ2) is 8.29. The smallest absolute Gasteiger partial charge is 0.266 e. The molecule has 0 saturated carbocycles. The van der Waals surface area contributed by atoms with Gasteiger partial charge in [0.2, 0.25) is 0 Å². The van der Waals surface area contributed by atoms with E-state index in [1.54, 1.807) is 13.1 Å². The number of benzene rings is 2. The molecule has 0 spiro atoms. The highest BCUT2D eigenvalue weighted by molar-refractivity contribution is 7.15. The van der Waals surface area contributed by atoms with Gasteiger partial charge in [-0.15, -0.1) is 11.3 Å². The molecule has 1 heterocycles. The van der Waals surface area contributed by atoms with Gasteiger partial charge in [-0.3, -0.25) is 10.1 Å². The van der Waals surface area contributed by atoms with Crippen LogP contribution in [0.4, 0.5) is 9.52 Å². The van der Waals surface area contributed by atoms with E-state index in [0.717, 1.165) is 10.4 Å². The molecule has 1 unspecified atom stereocenters. The van der Waals surface area contributed by atoms with Gasteiger partial charge in [0.15, 0.2) is 11.2 Å². The van der Waals surface area contributed by atoms with Crippen molar-refractivity contribution >= 4 is 34.0 Å². The van der Waals surface area contributed by atoms with Crippen LogP contribution in [0.3, 0.4) is 0 Å². The molecule has 1 N–H and O–H groups in total. The predicted octanol–water partition coefficient (Wildman–Crippen LogP) is 4.93. The number of ether oxygens (including phenoxy) is 1. The third-order valence-electron chi connectivity index (χ3n) is 3.57. The van der Waals surface area contributed by atoms with Crippen molar-refractivity contribution in [2.45, 2.75) is 19.4 Å². The van der Waals surface area contributed by atoms with Crippen molar-refractivity contribution in [2.24, 2.45) is 0 Å². The Bertz CT molecular complexity index is 881. The van der Waals surface area contributed by atoms with E-state index < -0.39 is 6.10 Å². The van der Waals surface area contributed by atoms with E-state index in [1.807, 2.05) is 24.3 Å². The van der Waals surface area contributed by atoms with Crippen LogP contribution in [0.5, 0.6) is 5.75 Å². The SMILES string of the molecule is CC(Oc1ccc(F)cc1)C(=O)Nc1ncc(Cc2ccc(Cl)cc2)s1. The predicted molar refractivity (Wildman–Crippen MR) is 101 cm³/mol. The molecule has 0 aliphatic carbocycles. The minimum Gasteiger partial charge on any atom is -0.481 e. The van der Waals surface area contributed by atoms with Gasteiger partial charge >= 0.3 is 0 Å². The van der Waals surface area contributed by atoms with Crippen molar-refractivity contribution in [1.82, 2.24) is 4.98 Å². The van der Waals surface area contributed by atoms with E-state index in [9.17, 15) is 9.18 Å². The summed E-state index contributed by atoms with van der Waals surface area (Å²) in [5.74, 6) is -0.246. The second-order valence-corrected chi connectivity index (χ2v) is 7.19. The highest BCUT2D eigenvalue weighted by Crippen LogP contribution is 2.22. The Morgan fingerprint density at radius 1 is 1.23 bits per heavy atom. The van der Waals surface area contributed by atoms with Gasteiger partial charge in [0.1, 0.15) is 11.6 Å². The molecule has 1 aromatic heterocycles. The molecule has 2 aromatic carbocycles. The largest absolute Gasteiger partial charge is 0.481 e. The minimum absolute atomic E-state index is 0.318. The van der Waals surface area contributed by atoms with E-state index in [-0.39, 0.29) is 11.7 Å². The molecule has 1 amide bonds. The summed E-state index contributed by atoms with van der Waals surface area (Å²) >= 11 is 7.29. The number of hydrogen-bond donors (Lipinski definition) is 1. The van der Waals surface area contributed by atoms with Gasteiger partial charge in [-0.1, -0.05) is 23.7 Å². The summed E-state index contributed by atoms with van der Waals surface area (Å²) in [6, 6.07) is 13.1. The Morgan fingerprint density at radius 3 is 2.62 bits per heavy atom. The first-order valence-corrected chi connectivity index (χ1v) is 9.11. The van der Waals surface area contributed by atoms with E-state index in [0.29, 0.717) is 22.3 Å². The number of amides is 1. The summed E-state index contributed by atoms with van der Waals surface area (Å²) in [7, 11) is 0. The summed E-state index contributed by atoms with van der Waals surface area (Å²) < 4.78 is 18.4. The number of aromatic nitrogens is 1. The van der Waals surface area contributed by atoms with Gasteiger partial charge in [0.05, 0.1) is 0 Å². The zero-order valence-corrected chi connectivity index (χ0v) is 15.5. The molecule has 3 aromatic rings. The van der Waals surface area contributed by atoms with Crippen LogP contribution in [0.25, 0.3) is 0 Å². The number of carbonyl (C=O) groups excluding carboxylic acids is 1. The van der Waals surface area contributed by atoms with Crippen LogP contribution in [-0.2, 0) is 11.2 Å². The van der Waals surface area contributed by atoms with Gasteiger partial charge in [0, 0.05) is 22.5 Å². The first-order valence-electron chi connectivity index (χ1n) is 7.92. The number of nitrogens with one attached hydrogen (secondary N) is 1. The van der Waals surface area contributed by atoms with Crippen molar-refractivity contribution < 1.29 is 13.9 Å². The first kappa shape index (κ1) is 18.4. The summed E-state index contributed by atoms with van der Waals surface area (Å²) in [6.07, 6.45) is 1.72. The standard InChI is InChI=1S/C19H16ClFN2O2S/c1-12(25-16-8-6-15(21)7-9-16)18(24)23-19-22-11-17(26-19)10-13-2-4-14(20)5-3-13/h2-9,11-12H,10H2,1H3,(H,22,23,24). The van der Waals surface area contributed by atoms with Gasteiger partial charge in [-0.2, -0.15) is 0 Å². The maximum Gasteiger partial charge on any atom is 0.266 e. The molecule has 0 radical (unpaired) electrons. The summed E-state index contributed by atoms with van der Waals surface area (Å²) in [5.41, 5.74) is 1.11. The Hall–Kier alpha value is -2.44. The zero-order valence-electron chi connectivity index (χ0n) is 13.9. The van der Waals surface area contributed by atoms with Crippen molar-refractivity contribution in [3.8, 4) is 5.75 Å². The summed E-state index contributed by atoms with van der Waals surface area (Å²) in [6.45, 7) is 1.63. The van der Waals surface area contributed by atoms with Crippen LogP contribution < -0.4 is 10.1 Å². The fourth-order valence-corrected chi connectivity index (χ4v) is 3.20. The van der Waals surface area contributed by atoms with E-state index >= 15 is 0 Å². The van der Waals surface area contributed by atoms with Gasteiger partial charge < -0.3 is 4.74 Å². The number of carbonyl (C=O) groups is 1. The highest BCUT2D eigenvalue weighted by atomic mass is 35.5.